The minimum atomic E-state index is 0.760. The van der Waals surface area contributed by atoms with E-state index in [1.165, 1.54) is 0 Å². The fourth-order valence-electron chi connectivity index (χ4n) is 2.29. The number of fused-ring (bicyclic) bond motifs is 1. The molecule has 22 heavy (non-hydrogen) atoms. The van der Waals surface area contributed by atoms with Gasteiger partial charge in [-0.3, -0.25) is 0 Å². The molecule has 0 fully saturated rings. The summed E-state index contributed by atoms with van der Waals surface area (Å²) in [5.41, 5.74) is 2.76. The predicted molar refractivity (Wildman–Crippen MR) is 85.9 cm³/mol. The average molecular weight is 287 g/mol. The molecule has 0 saturated heterocycles. The van der Waals surface area contributed by atoms with Crippen molar-refractivity contribution >= 4 is 17.3 Å². The van der Waals surface area contributed by atoms with Crippen LogP contribution in [0, 0.1) is 0 Å². The molecule has 0 radical (unpaired) electrons. The van der Waals surface area contributed by atoms with Gasteiger partial charge in [-0.1, -0.05) is 36.4 Å². The summed E-state index contributed by atoms with van der Waals surface area (Å²) < 4.78 is 1.79. The van der Waals surface area contributed by atoms with Crippen LogP contribution in [0.25, 0.3) is 16.9 Å². The molecule has 0 spiro atoms. The number of rotatable bonds is 3. The minimum absolute atomic E-state index is 0.760. The Morgan fingerprint density at radius 2 is 1.68 bits per heavy atom. The SMILES string of the molecule is c1ccc(-c2ccc3ncc(Nc4ccccn4)n3n2)cc1. The molecule has 0 unspecified atom stereocenters. The highest BCUT2D eigenvalue weighted by Crippen LogP contribution is 2.20. The van der Waals surface area contributed by atoms with Crippen molar-refractivity contribution in [3.05, 3.63) is 73.1 Å². The van der Waals surface area contributed by atoms with E-state index in [4.69, 9.17) is 0 Å². The summed E-state index contributed by atoms with van der Waals surface area (Å²) in [6.07, 6.45) is 3.50. The Bertz CT molecular complexity index is 900. The van der Waals surface area contributed by atoms with Crippen LogP contribution in [-0.2, 0) is 0 Å². The second-order valence-electron chi connectivity index (χ2n) is 4.84. The molecule has 0 amide bonds. The molecule has 1 N–H and O–H groups in total. The van der Waals surface area contributed by atoms with Crippen LogP contribution >= 0.6 is 0 Å². The first kappa shape index (κ1) is 12.5. The number of imidazole rings is 1. The van der Waals surface area contributed by atoms with E-state index in [9.17, 15) is 0 Å². The standard InChI is InChI=1S/C17H13N5/c1-2-6-13(7-3-1)14-9-10-16-19-12-17(22(16)21-14)20-15-8-4-5-11-18-15/h1-12H,(H,18,20). The summed E-state index contributed by atoms with van der Waals surface area (Å²) >= 11 is 0. The number of aromatic nitrogens is 4. The molecule has 106 valence electrons. The van der Waals surface area contributed by atoms with E-state index >= 15 is 0 Å². The molecule has 3 heterocycles. The molecule has 0 aliphatic heterocycles. The van der Waals surface area contributed by atoms with Crippen LogP contribution in [0.2, 0.25) is 0 Å². The average Bonchev–Trinajstić information content (AvgIpc) is 2.99. The molecule has 3 aromatic heterocycles. The van der Waals surface area contributed by atoms with Crippen molar-refractivity contribution in [1.29, 1.82) is 0 Å². The zero-order chi connectivity index (χ0) is 14.8. The van der Waals surface area contributed by atoms with Crippen LogP contribution in [0.4, 0.5) is 11.6 Å². The number of hydrogen-bond acceptors (Lipinski definition) is 4. The largest absolute Gasteiger partial charge is 0.324 e. The van der Waals surface area contributed by atoms with Crippen molar-refractivity contribution in [2.45, 2.75) is 0 Å². The van der Waals surface area contributed by atoms with E-state index < -0.39 is 0 Å². The van der Waals surface area contributed by atoms with Crippen molar-refractivity contribution in [2.24, 2.45) is 0 Å². The number of hydrogen-bond donors (Lipinski definition) is 1. The highest BCUT2D eigenvalue weighted by molar-refractivity contribution is 5.62. The van der Waals surface area contributed by atoms with Gasteiger partial charge in [-0.25, -0.2) is 9.97 Å². The number of nitrogens with zero attached hydrogens (tertiary/aromatic N) is 4. The molecule has 5 nitrogen and oxygen atoms in total. The topological polar surface area (TPSA) is 55.1 Å². The van der Waals surface area contributed by atoms with Crippen LogP contribution < -0.4 is 5.32 Å². The van der Waals surface area contributed by atoms with Crippen LogP contribution in [-0.4, -0.2) is 19.6 Å². The zero-order valence-corrected chi connectivity index (χ0v) is 11.7. The third kappa shape index (κ3) is 2.29. The molecule has 4 rings (SSSR count). The van der Waals surface area contributed by atoms with Gasteiger partial charge in [0.25, 0.3) is 0 Å². The lowest BCUT2D eigenvalue weighted by Gasteiger charge is -2.06. The molecule has 5 heteroatoms. The Morgan fingerprint density at radius 1 is 0.818 bits per heavy atom. The molecular weight excluding hydrogens is 274 g/mol. The Kier molecular flexibility index (Phi) is 3.01. The van der Waals surface area contributed by atoms with Gasteiger partial charge in [0.05, 0.1) is 11.9 Å². The molecule has 0 atom stereocenters. The second kappa shape index (κ2) is 5.29. The fourth-order valence-corrected chi connectivity index (χ4v) is 2.29. The summed E-state index contributed by atoms with van der Waals surface area (Å²) in [4.78, 5) is 8.62. The van der Waals surface area contributed by atoms with E-state index in [-0.39, 0.29) is 0 Å². The van der Waals surface area contributed by atoms with E-state index in [2.05, 4.69) is 20.4 Å². The quantitative estimate of drug-likeness (QED) is 0.626. The van der Waals surface area contributed by atoms with Crippen LogP contribution in [0.5, 0.6) is 0 Å². The first-order valence-electron chi connectivity index (χ1n) is 6.98. The van der Waals surface area contributed by atoms with Gasteiger partial charge in [-0.05, 0) is 24.3 Å². The normalized spacial score (nSPS) is 10.7. The highest BCUT2D eigenvalue weighted by Gasteiger charge is 2.07. The molecule has 4 aromatic rings. The van der Waals surface area contributed by atoms with Gasteiger partial charge in [0, 0.05) is 11.8 Å². The van der Waals surface area contributed by atoms with Crippen molar-refractivity contribution in [3.63, 3.8) is 0 Å². The molecule has 0 saturated carbocycles. The van der Waals surface area contributed by atoms with Gasteiger partial charge in [-0.15, -0.1) is 0 Å². The number of nitrogens with one attached hydrogen (secondary N) is 1. The van der Waals surface area contributed by atoms with Crippen LogP contribution in [0.15, 0.2) is 73.1 Å². The maximum Gasteiger partial charge on any atom is 0.155 e. The summed E-state index contributed by atoms with van der Waals surface area (Å²) in [5, 5.41) is 7.90. The van der Waals surface area contributed by atoms with Gasteiger partial charge >= 0.3 is 0 Å². The van der Waals surface area contributed by atoms with Crippen molar-refractivity contribution in [2.75, 3.05) is 5.32 Å². The summed E-state index contributed by atoms with van der Waals surface area (Å²) in [6.45, 7) is 0. The number of anilines is 2. The van der Waals surface area contributed by atoms with Crippen molar-refractivity contribution in [3.8, 4) is 11.3 Å². The molecule has 0 aliphatic rings. The molecule has 0 bridgehead atoms. The molecule has 1 aromatic carbocycles. The van der Waals surface area contributed by atoms with Gasteiger partial charge in [0.2, 0.25) is 0 Å². The van der Waals surface area contributed by atoms with Crippen LogP contribution in [0.3, 0.4) is 0 Å². The second-order valence-corrected chi connectivity index (χ2v) is 4.84. The lowest BCUT2D eigenvalue weighted by Crippen LogP contribution is -2.00. The number of benzene rings is 1. The van der Waals surface area contributed by atoms with E-state index in [1.54, 1.807) is 16.9 Å². The summed E-state index contributed by atoms with van der Waals surface area (Å²) in [6, 6.07) is 19.7. The van der Waals surface area contributed by atoms with E-state index in [0.717, 1.165) is 28.5 Å². The Hall–Kier alpha value is -3.21. The van der Waals surface area contributed by atoms with Crippen molar-refractivity contribution in [1.82, 2.24) is 19.6 Å². The first-order valence-corrected chi connectivity index (χ1v) is 6.98. The summed E-state index contributed by atoms with van der Waals surface area (Å²) in [5.74, 6) is 1.54. The highest BCUT2D eigenvalue weighted by atomic mass is 15.3. The zero-order valence-electron chi connectivity index (χ0n) is 11.7. The fraction of sp³-hybridized carbons (Fsp3) is 0. The summed E-state index contributed by atoms with van der Waals surface area (Å²) in [7, 11) is 0. The smallest absolute Gasteiger partial charge is 0.155 e. The third-order valence-corrected chi connectivity index (χ3v) is 3.35. The number of pyridine rings is 1. The van der Waals surface area contributed by atoms with Gasteiger partial charge < -0.3 is 5.32 Å². The predicted octanol–water partition coefficient (Wildman–Crippen LogP) is 3.53. The van der Waals surface area contributed by atoms with Gasteiger partial charge in [-0.2, -0.15) is 9.61 Å². The van der Waals surface area contributed by atoms with Gasteiger partial charge in [0.1, 0.15) is 5.82 Å². The Labute approximate surface area is 127 Å². The van der Waals surface area contributed by atoms with Gasteiger partial charge in [0.15, 0.2) is 11.5 Å². The van der Waals surface area contributed by atoms with E-state index in [1.807, 2.05) is 60.7 Å². The minimum Gasteiger partial charge on any atom is -0.324 e. The third-order valence-electron chi connectivity index (χ3n) is 3.35. The Morgan fingerprint density at radius 3 is 2.50 bits per heavy atom. The lowest BCUT2D eigenvalue weighted by atomic mass is 10.1. The van der Waals surface area contributed by atoms with Crippen LogP contribution in [0.1, 0.15) is 0 Å². The lowest BCUT2D eigenvalue weighted by molar-refractivity contribution is 0.947. The first-order chi connectivity index (χ1) is 10.9. The molecular formula is C17H13N5. The molecule has 0 aliphatic carbocycles. The van der Waals surface area contributed by atoms with Crippen molar-refractivity contribution < 1.29 is 0 Å². The Balaban J connectivity index is 1.77. The monoisotopic (exact) mass is 287 g/mol. The maximum absolute atomic E-state index is 4.67. The van der Waals surface area contributed by atoms with E-state index in [0.29, 0.717) is 0 Å². The maximum atomic E-state index is 4.67.